The van der Waals surface area contributed by atoms with Gasteiger partial charge in [-0.3, -0.25) is 0 Å². The minimum atomic E-state index is -3.84. The molecule has 0 radical (unpaired) electrons. The molecule has 3 atom stereocenters. The molecule has 1 saturated heterocycles. The summed E-state index contributed by atoms with van der Waals surface area (Å²) in [5, 5.41) is 4.67. The summed E-state index contributed by atoms with van der Waals surface area (Å²) in [7, 11) is -3.84. The van der Waals surface area contributed by atoms with Crippen LogP contribution in [-0.4, -0.2) is 63.7 Å². The number of nitrogens with zero attached hydrogens (tertiary/aromatic N) is 1. The van der Waals surface area contributed by atoms with Crippen molar-refractivity contribution in [1.82, 2.24) is 10.2 Å². The van der Waals surface area contributed by atoms with Crippen molar-refractivity contribution in [3.05, 3.63) is 41.4 Å². The maximum absolute atomic E-state index is 12.7. The number of carbonyl (C=O) groups excluding carboxylic acids is 1. The molecule has 1 N–H and O–H groups in total. The Morgan fingerprint density at radius 3 is 2.10 bits per heavy atom. The fourth-order valence-electron chi connectivity index (χ4n) is 6.07. The van der Waals surface area contributed by atoms with Crippen molar-refractivity contribution in [2.24, 2.45) is 0 Å². The first-order chi connectivity index (χ1) is 23.9. The van der Waals surface area contributed by atoms with E-state index in [9.17, 15) is 13.2 Å². The Labute approximate surface area is 301 Å². The van der Waals surface area contributed by atoms with Gasteiger partial charge in [0.25, 0.3) is 10.1 Å². The number of hydrogen-bond donors (Lipinski definition) is 1. The highest BCUT2D eigenvalue weighted by Gasteiger charge is 2.28. The second-order valence-corrected chi connectivity index (χ2v) is 16.0. The number of unbranched alkanes of at least 4 members (excludes halogenated alkanes) is 17. The number of benzene rings is 1. The monoisotopic (exact) mass is 724 g/mol. The highest BCUT2D eigenvalue weighted by molar-refractivity contribution is 8.03. The highest BCUT2D eigenvalue weighted by atomic mass is 32.2. The molecule has 1 amide bonds. The summed E-state index contributed by atoms with van der Waals surface area (Å²) in [6.07, 6.45) is 25.9. The van der Waals surface area contributed by atoms with Crippen LogP contribution in [0.3, 0.4) is 0 Å². The number of aryl methyl sites for hydroxylation is 1. The minimum Gasteiger partial charge on any atom is -0.447 e. The van der Waals surface area contributed by atoms with E-state index in [4.69, 9.17) is 18.4 Å². The number of alkyl carbamates (subject to hydrolysis) is 1. The third-order valence-corrected chi connectivity index (χ3v) is 11.4. The van der Waals surface area contributed by atoms with E-state index < -0.39 is 21.8 Å². The predicted molar refractivity (Wildman–Crippen MR) is 199 cm³/mol. The van der Waals surface area contributed by atoms with E-state index in [2.05, 4.69) is 12.2 Å². The zero-order chi connectivity index (χ0) is 35.0. The van der Waals surface area contributed by atoms with Crippen LogP contribution < -0.4 is 5.32 Å². The van der Waals surface area contributed by atoms with E-state index in [0.29, 0.717) is 19.7 Å². The Morgan fingerprint density at radius 2 is 1.45 bits per heavy atom. The molecule has 49 heavy (non-hydrogen) atoms. The van der Waals surface area contributed by atoms with Gasteiger partial charge in [0.15, 0.2) is 6.29 Å². The number of carbonyl (C=O) groups is 1. The number of nitrogens with one attached hydrogen (secondary N) is 1. The molecule has 0 aliphatic carbocycles. The molecular formula is C38H64N2O7S2. The van der Waals surface area contributed by atoms with Crippen molar-refractivity contribution in [1.29, 1.82) is 0 Å². The molecule has 0 saturated carbocycles. The van der Waals surface area contributed by atoms with Gasteiger partial charge in [0.2, 0.25) is 5.56 Å². The van der Waals surface area contributed by atoms with Gasteiger partial charge < -0.3 is 24.4 Å². The third kappa shape index (κ3) is 18.3. The molecule has 0 aromatic heterocycles. The van der Waals surface area contributed by atoms with Crippen molar-refractivity contribution in [2.45, 2.75) is 165 Å². The Hall–Kier alpha value is -1.79. The molecule has 2 aliphatic rings. The molecule has 11 heteroatoms. The van der Waals surface area contributed by atoms with Crippen LogP contribution in [0.15, 0.2) is 40.8 Å². The van der Waals surface area contributed by atoms with Crippen molar-refractivity contribution in [3.63, 3.8) is 0 Å². The summed E-state index contributed by atoms with van der Waals surface area (Å²) in [5.74, 6) is 0. The molecule has 3 rings (SSSR count). The van der Waals surface area contributed by atoms with Crippen molar-refractivity contribution in [3.8, 4) is 0 Å². The predicted octanol–water partition coefficient (Wildman–Crippen LogP) is 9.79. The lowest BCUT2D eigenvalue weighted by Crippen LogP contribution is -2.30. The fraction of sp³-hybridized carbons (Fsp3) is 0.763. The first-order valence-corrected chi connectivity index (χ1v) is 21.5. The van der Waals surface area contributed by atoms with Crippen molar-refractivity contribution >= 4 is 28.0 Å². The van der Waals surface area contributed by atoms with E-state index in [1.54, 1.807) is 24.3 Å². The van der Waals surface area contributed by atoms with Crippen LogP contribution in [0, 0.1) is 6.92 Å². The average molecular weight is 725 g/mol. The minimum absolute atomic E-state index is 0.162. The lowest BCUT2D eigenvalue weighted by Gasteiger charge is -2.24. The van der Waals surface area contributed by atoms with E-state index in [1.165, 1.54) is 102 Å². The Bertz CT molecular complexity index is 1150. The summed E-state index contributed by atoms with van der Waals surface area (Å²) in [6, 6.07) is 6.67. The zero-order valence-electron chi connectivity index (χ0n) is 30.3. The molecule has 1 fully saturated rings. The van der Waals surface area contributed by atoms with Gasteiger partial charge >= 0.3 is 6.09 Å². The largest absolute Gasteiger partial charge is 0.447 e. The van der Waals surface area contributed by atoms with Crippen molar-refractivity contribution in [2.75, 3.05) is 26.3 Å². The SMILES string of the molecule is CCCCCCCCCCCCCCCCCC1OCC(COC(=O)NCCCCCCN2C=CSC2OS(=O)(=O)c2ccc(C)cc2)O1. The van der Waals surface area contributed by atoms with Crippen LogP contribution in [0.4, 0.5) is 4.79 Å². The first-order valence-electron chi connectivity index (χ1n) is 19.1. The van der Waals surface area contributed by atoms with E-state index in [0.717, 1.165) is 44.1 Å². The quantitative estimate of drug-likeness (QED) is 0.0668. The third-order valence-electron chi connectivity index (χ3n) is 9.11. The first kappa shape index (κ1) is 41.6. The zero-order valence-corrected chi connectivity index (χ0v) is 31.9. The van der Waals surface area contributed by atoms with Gasteiger partial charge in [-0.25, -0.2) is 8.98 Å². The molecule has 0 bridgehead atoms. The molecule has 0 spiro atoms. The molecule has 1 aromatic carbocycles. The fourth-order valence-corrected chi connectivity index (χ4v) is 8.16. The molecule has 2 aliphatic heterocycles. The smallest absolute Gasteiger partial charge is 0.407 e. The van der Waals surface area contributed by atoms with Gasteiger partial charge in [0.1, 0.15) is 12.7 Å². The second kappa shape index (κ2) is 25.2. The summed E-state index contributed by atoms with van der Waals surface area (Å²) >= 11 is 1.34. The lowest BCUT2D eigenvalue weighted by molar-refractivity contribution is -0.0709. The van der Waals surface area contributed by atoms with E-state index in [-0.39, 0.29) is 23.9 Å². The topological polar surface area (TPSA) is 103 Å². The molecule has 280 valence electrons. The highest BCUT2D eigenvalue weighted by Crippen LogP contribution is 2.30. The van der Waals surface area contributed by atoms with Gasteiger partial charge in [-0.2, -0.15) is 8.42 Å². The van der Waals surface area contributed by atoms with Crippen molar-refractivity contribution < 1.29 is 31.6 Å². The van der Waals surface area contributed by atoms with Gasteiger partial charge in [0, 0.05) is 19.3 Å². The number of ether oxygens (including phenoxy) is 3. The van der Waals surface area contributed by atoms with Crippen LogP contribution in [0.25, 0.3) is 0 Å². The summed E-state index contributed by atoms with van der Waals surface area (Å²) in [6.45, 7) is 6.09. The van der Waals surface area contributed by atoms with Gasteiger partial charge in [0.05, 0.1) is 11.5 Å². The number of amides is 1. The average Bonchev–Trinajstić information content (AvgIpc) is 3.74. The Balaban J connectivity index is 1.09. The Morgan fingerprint density at radius 1 is 0.857 bits per heavy atom. The number of hydrogen-bond acceptors (Lipinski definition) is 9. The molecule has 3 unspecified atom stereocenters. The summed E-state index contributed by atoms with van der Waals surface area (Å²) in [5.41, 5.74) is 0.397. The van der Waals surface area contributed by atoms with E-state index >= 15 is 0 Å². The second-order valence-electron chi connectivity index (χ2n) is 13.5. The maximum atomic E-state index is 12.7. The normalized spacial score (nSPS) is 19.1. The molecule has 1 aromatic rings. The summed E-state index contributed by atoms with van der Waals surface area (Å²) < 4.78 is 47.9. The lowest BCUT2D eigenvalue weighted by atomic mass is 10.0. The van der Waals surface area contributed by atoms with Crippen LogP contribution in [0.5, 0.6) is 0 Å². The van der Waals surface area contributed by atoms with Gasteiger partial charge in [-0.1, -0.05) is 139 Å². The van der Waals surface area contributed by atoms with Crippen LogP contribution >= 0.6 is 11.8 Å². The summed E-state index contributed by atoms with van der Waals surface area (Å²) in [4.78, 5) is 14.2. The van der Waals surface area contributed by atoms with Crippen LogP contribution in [-0.2, 0) is 28.5 Å². The van der Waals surface area contributed by atoms with E-state index in [1.807, 2.05) is 23.4 Å². The van der Waals surface area contributed by atoms with Gasteiger partial charge in [-0.05, 0) is 50.1 Å². The van der Waals surface area contributed by atoms with Crippen LogP contribution in [0.1, 0.15) is 141 Å². The Kier molecular flexibility index (Phi) is 21.4. The molecule has 9 nitrogen and oxygen atoms in total. The molecule has 2 heterocycles. The maximum Gasteiger partial charge on any atom is 0.407 e. The number of rotatable bonds is 28. The van der Waals surface area contributed by atoms with Gasteiger partial charge in [-0.15, -0.1) is 0 Å². The van der Waals surface area contributed by atoms with Crippen LogP contribution in [0.2, 0.25) is 0 Å². The molecular weight excluding hydrogens is 661 g/mol. The number of thioether (sulfide) groups is 1. The standard InChI is InChI=1S/C38H64N2O7S2/c1-3-4-5-6-7-8-9-10-11-12-13-14-15-16-19-22-36-44-31-34(46-36)32-45-37(41)39-27-20-17-18-21-28-40-29-30-48-38(40)47-49(42,43)35-25-23-33(2)24-26-35/h23-26,29-30,34,36,38H,3-22,27-28,31-32H2,1-2H3,(H,39,41).